The van der Waals surface area contributed by atoms with Gasteiger partial charge in [-0.1, -0.05) is 28.4 Å². The average molecular weight is 374 g/mol. The lowest BCUT2D eigenvalue weighted by Crippen LogP contribution is -2.35. The van der Waals surface area contributed by atoms with Crippen molar-refractivity contribution in [2.24, 2.45) is 0 Å². The number of amides is 1. The van der Waals surface area contributed by atoms with Gasteiger partial charge in [0.25, 0.3) is 5.91 Å². The summed E-state index contributed by atoms with van der Waals surface area (Å²) >= 11 is 13.3. The highest BCUT2D eigenvalue weighted by Gasteiger charge is 2.23. The molecule has 8 heteroatoms. The predicted octanol–water partition coefficient (Wildman–Crippen LogP) is 3.70. The van der Waals surface area contributed by atoms with Crippen LogP contribution in [0.3, 0.4) is 0 Å². The Balaban J connectivity index is 1.62. The Morgan fingerprint density at radius 2 is 2.13 bits per heavy atom. The number of hydrogen-bond donors (Lipinski definition) is 0. The maximum Gasteiger partial charge on any atom is 0.256 e. The smallest absolute Gasteiger partial charge is 0.256 e. The Bertz CT molecular complexity index is 701. The summed E-state index contributed by atoms with van der Waals surface area (Å²) in [5.74, 6) is 0.771. The van der Waals surface area contributed by atoms with Crippen LogP contribution in [0.1, 0.15) is 28.2 Å². The van der Waals surface area contributed by atoms with Crippen molar-refractivity contribution in [3.05, 3.63) is 37.8 Å². The number of thiophene rings is 1. The zero-order valence-electron chi connectivity index (χ0n) is 12.7. The number of aryl methyl sites for hydroxylation is 1. The molecular weight excluding hydrogens is 357 g/mol. The van der Waals surface area contributed by atoms with Crippen LogP contribution in [0, 0.1) is 6.92 Å². The van der Waals surface area contributed by atoms with E-state index in [2.05, 4.69) is 10.1 Å². The van der Waals surface area contributed by atoms with Crippen LogP contribution in [-0.2, 0) is 6.54 Å². The molecule has 0 saturated carbocycles. The van der Waals surface area contributed by atoms with Gasteiger partial charge in [0.05, 0.1) is 15.6 Å². The summed E-state index contributed by atoms with van der Waals surface area (Å²) in [4.78, 5) is 16.7. The molecule has 3 rings (SSSR count). The normalized spacial score (nSPS) is 16.6. The summed E-state index contributed by atoms with van der Waals surface area (Å²) < 4.78 is 6.10. The number of rotatable bonds is 3. The first-order chi connectivity index (χ1) is 11.0. The third-order valence-electron chi connectivity index (χ3n) is 3.83. The third kappa shape index (κ3) is 4.07. The monoisotopic (exact) mass is 373 g/mol. The molecule has 124 valence electrons. The maximum atomic E-state index is 12.6. The molecule has 1 saturated heterocycles. The summed E-state index contributed by atoms with van der Waals surface area (Å²) in [6, 6.07) is 3.60. The van der Waals surface area contributed by atoms with E-state index in [0.29, 0.717) is 20.8 Å². The molecule has 1 aliphatic rings. The highest BCUT2D eigenvalue weighted by Crippen LogP contribution is 2.32. The third-order valence-corrected chi connectivity index (χ3v) is 5.31. The molecule has 2 aromatic heterocycles. The van der Waals surface area contributed by atoms with E-state index in [1.54, 1.807) is 6.07 Å². The first kappa shape index (κ1) is 16.8. The molecule has 0 atom stereocenters. The molecule has 0 N–H and O–H groups in total. The van der Waals surface area contributed by atoms with Crippen LogP contribution in [0.15, 0.2) is 16.7 Å². The minimum Gasteiger partial charge on any atom is -0.361 e. The Morgan fingerprint density at radius 1 is 1.30 bits per heavy atom. The summed E-state index contributed by atoms with van der Waals surface area (Å²) in [5, 5.41) is 4.03. The van der Waals surface area contributed by atoms with Crippen LogP contribution in [-0.4, -0.2) is 47.0 Å². The largest absolute Gasteiger partial charge is 0.361 e. The van der Waals surface area contributed by atoms with E-state index in [0.717, 1.165) is 44.1 Å². The minimum absolute atomic E-state index is 0.0442. The quantitative estimate of drug-likeness (QED) is 0.822. The van der Waals surface area contributed by atoms with Gasteiger partial charge in [0.1, 0.15) is 10.1 Å². The molecule has 1 fully saturated rings. The number of carbonyl (C=O) groups excluding carboxylic acids is 1. The van der Waals surface area contributed by atoms with Crippen LogP contribution in [0.5, 0.6) is 0 Å². The maximum absolute atomic E-state index is 12.6. The molecule has 1 aliphatic heterocycles. The number of carbonyl (C=O) groups is 1. The van der Waals surface area contributed by atoms with E-state index in [1.807, 2.05) is 17.9 Å². The fourth-order valence-electron chi connectivity index (χ4n) is 2.71. The first-order valence-electron chi connectivity index (χ1n) is 7.41. The minimum atomic E-state index is -0.0442. The van der Waals surface area contributed by atoms with E-state index < -0.39 is 0 Å². The van der Waals surface area contributed by atoms with Gasteiger partial charge in [0.15, 0.2) is 0 Å². The number of halogens is 2. The van der Waals surface area contributed by atoms with Gasteiger partial charge >= 0.3 is 0 Å². The van der Waals surface area contributed by atoms with E-state index in [-0.39, 0.29) is 5.91 Å². The van der Waals surface area contributed by atoms with E-state index >= 15 is 0 Å². The van der Waals surface area contributed by atoms with Crippen molar-refractivity contribution >= 4 is 40.4 Å². The van der Waals surface area contributed by atoms with Crippen molar-refractivity contribution in [1.82, 2.24) is 15.0 Å². The van der Waals surface area contributed by atoms with Gasteiger partial charge in [-0.25, -0.2) is 0 Å². The second-order valence-corrected chi connectivity index (χ2v) is 7.87. The molecule has 23 heavy (non-hydrogen) atoms. The second kappa shape index (κ2) is 7.21. The van der Waals surface area contributed by atoms with Gasteiger partial charge in [-0.3, -0.25) is 9.69 Å². The highest BCUT2D eigenvalue weighted by molar-refractivity contribution is 7.20. The molecule has 2 aromatic rings. The molecule has 0 radical (unpaired) electrons. The topological polar surface area (TPSA) is 49.6 Å². The highest BCUT2D eigenvalue weighted by atomic mass is 35.5. The molecule has 0 aromatic carbocycles. The molecule has 3 heterocycles. The van der Waals surface area contributed by atoms with Gasteiger partial charge in [-0.2, -0.15) is 0 Å². The standard InChI is InChI=1S/C15H17Cl2N3O2S/c1-10-7-11(18-22-10)9-19-3-2-4-20(6-5-19)15(21)12-8-13(16)23-14(12)17/h7-8H,2-6,9H2,1H3. The Kier molecular flexibility index (Phi) is 5.26. The summed E-state index contributed by atoms with van der Waals surface area (Å²) in [5.41, 5.74) is 1.43. The zero-order valence-corrected chi connectivity index (χ0v) is 15.0. The van der Waals surface area contributed by atoms with Gasteiger partial charge < -0.3 is 9.42 Å². The van der Waals surface area contributed by atoms with Crippen LogP contribution in [0.25, 0.3) is 0 Å². The van der Waals surface area contributed by atoms with Crippen LogP contribution < -0.4 is 0 Å². The number of nitrogens with zero attached hydrogens (tertiary/aromatic N) is 3. The fourth-order valence-corrected chi connectivity index (χ4v) is 4.16. The van der Waals surface area contributed by atoms with Crippen LogP contribution >= 0.6 is 34.5 Å². The Hall–Kier alpha value is -1.08. The summed E-state index contributed by atoms with van der Waals surface area (Å²) in [6.45, 7) is 5.73. The van der Waals surface area contributed by atoms with Crippen molar-refractivity contribution in [2.45, 2.75) is 19.9 Å². The van der Waals surface area contributed by atoms with E-state index in [1.165, 1.54) is 11.3 Å². The molecule has 0 aliphatic carbocycles. The van der Waals surface area contributed by atoms with Gasteiger partial charge in [0.2, 0.25) is 0 Å². The Labute approximate surface area is 148 Å². The lowest BCUT2D eigenvalue weighted by molar-refractivity contribution is 0.0761. The van der Waals surface area contributed by atoms with Crippen molar-refractivity contribution in [2.75, 3.05) is 26.2 Å². The van der Waals surface area contributed by atoms with Crippen LogP contribution in [0.4, 0.5) is 0 Å². The van der Waals surface area contributed by atoms with Crippen molar-refractivity contribution < 1.29 is 9.32 Å². The van der Waals surface area contributed by atoms with Gasteiger partial charge in [-0.05, 0) is 19.4 Å². The fraction of sp³-hybridized carbons (Fsp3) is 0.467. The van der Waals surface area contributed by atoms with Crippen LogP contribution in [0.2, 0.25) is 8.67 Å². The molecule has 0 unspecified atom stereocenters. The molecule has 1 amide bonds. The lowest BCUT2D eigenvalue weighted by atomic mass is 10.3. The van der Waals surface area contributed by atoms with Gasteiger partial charge in [-0.15, -0.1) is 11.3 Å². The molecule has 5 nitrogen and oxygen atoms in total. The first-order valence-corrected chi connectivity index (χ1v) is 8.99. The number of aromatic nitrogens is 1. The average Bonchev–Trinajstić information content (AvgIpc) is 2.96. The Morgan fingerprint density at radius 3 is 2.78 bits per heavy atom. The lowest BCUT2D eigenvalue weighted by Gasteiger charge is -2.21. The molecule has 0 spiro atoms. The van der Waals surface area contributed by atoms with E-state index in [4.69, 9.17) is 27.7 Å². The SMILES string of the molecule is Cc1cc(CN2CCCN(C(=O)c3cc(Cl)sc3Cl)CC2)no1. The molecule has 0 bridgehead atoms. The van der Waals surface area contributed by atoms with Crippen molar-refractivity contribution in [1.29, 1.82) is 0 Å². The van der Waals surface area contributed by atoms with Crippen molar-refractivity contribution in [3.8, 4) is 0 Å². The second-order valence-electron chi connectivity index (χ2n) is 5.59. The molecular formula is C15H17Cl2N3O2S. The summed E-state index contributed by atoms with van der Waals surface area (Å²) in [6.07, 6.45) is 0.915. The zero-order chi connectivity index (χ0) is 16.4. The van der Waals surface area contributed by atoms with Crippen molar-refractivity contribution in [3.63, 3.8) is 0 Å². The van der Waals surface area contributed by atoms with Gasteiger partial charge in [0, 0.05) is 38.8 Å². The predicted molar refractivity (Wildman–Crippen MR) is 91.4 cm³/mol. The van der Waals surface area contributed by atoms with E-state index in [9.17, 15) is 4.79 Å². The summed E-state index contributed by atoms with van der Waals surface area (Å²) in [7, 11) is 0. The number of hydrogen-bond acceptors (Lipinski definition) is 5.